The molecular weight excluding hydrogens is 360 g/mol. The van der Waals surface area contributed by atoms with Gasteiger partial charge < -0.3 is 4.90 Å². The van der Waals surface area contributed by atoms with Crippen molar-refractivity contribution in [1.82, 2.24) is 19.6 Å². The van der Waals surface area contributed by atoms with Crippen LogP contribution in [0.25, 0.3) is 11.3 Å². The summed E-state index contributed by atoms with van der Waals surface area (Å²) in [6.45, 7) is 6.86. The number of piperidine rings is 1. The summed E-state index contributed by atoms with van der Waals surface area (Å²) in [7, 11) is 2.02. The zero-order chi connectivity index (χ0) is 20.2. The number of hydrogen-bond acceptors (Lipinski definition) is 3. The quantitative estimate of drug-likeness (QED) is 0.787. The van der Waals surface area contributed by atoms with Crippen molar-refractivity contribution in [3.05, 3.63) is 41.6 Å². The van der Waals surface area contributed by atoms with Gasteiger partial charge in [0.15, 0.2) is 0 Å². The predicted molar refractivity (Wildman–Crippen MR) is 116 cm³/mol. The molecule has 0 radical (unpaired) electrons. The van der Waals surface area contributed by atoms with Gasteiger partial charge in [0.2, 0.25) is 5.91 Å². The third kappa shape index (κ3) is 4.55. The van der Waals surface area contributed by atoms with Gasteiger partial charge in [0, 0.05) is 50.0 Å². The molecule has 0 unspecified atom stereocenters. The summed E-state index contributed by atoms with van der Waals surface area (Å²) < 4.78 is 1.99. The molecule has 1 aromatic heterocycles. The molecule has 2 saturated heterocycles. The fourth-order valence-electron chi connectivity index (χ4n) is 4.84. The molecule has 5 nitrogen and oxygen atoms in total. The molecule has 0 aliphatic carbocycles. The summed E-state index contributed by atoms with van der Waals surface area (Å²) >= 11 is 0. The number of rotatable bonds is 4. The van der Waals surface area contributed by atoms with E-state index < -0.39 is 0 Å². The van der Waals surface area contributed by atoms with Crippen molar-refractivity contribution in [1.29, 1.82) is 0 Å². The van der Waals surface area contributed by atoms with Crippen LogP contribution in [0.5, 0.6) is 0 Å². The standard InChI is InChI=1S/C24H34N4O/c1-19-22(23(25-26(19)2)20-11-6-5-7-12-20)18-27-14-10-13-21(17-27)24(29)28-15-8-3-4-9-16-28/h5-7,11-12,21H,3-4,8-10,13-18H2,1-2H3/t21-/m1/s1. The van der Waals surface area contributed by atoms with Crippen LogP contribution in [-0.4, -0.2) is 51.7 Å². The first kappa shape index (κ1) is 20.1. The second-order valence-corrected chi connectivity index (χ2v) is 8.72. The molecule has 1 aromatic carbocycles. The third-order valence-electron chi connectivity index (χ3n) is 6.66. The summed E-state index contributed by atoms with van der Waals surface area (Å²) in [5.41, 5.74) is 4.75. The van der Waals surface area contributed by atoms with Crippen LogP contribution in [0.4, 0.5) is 0 Å². The maximum Gasteiger partial charge on any atom is 0.226 e. The number of aromatic nitrogens is 2. The maximum absolute atomic E-state index is 13.1. The van der Waals surface area contributed by atoms with E-state index in [1.807, 2.05) is 17.8 Å². The highest BCUT2D eigenvalue weighted by Crippen LogP contribution is 2.28. The number of carbonyl (C=O) groups excluding carboxylic acids is 1. The highest BCUT2D eigenvalue weighted by molar-refractivity contribution is 5.79. The minimum absolute atomic E-state index is 0.152. The second-order valence-electron chi connectivity index (χ2n) is 8.72. The number of benzene rings is 1. The van der Waals surface area contributed by atoms with E-state index >= 15 is 0 Å². The lowest BCUT2D eigenvalue weighted by Crippen LogP contribution is -2.45. The van der Waals surface area contributed by atoms with Crippen molar-refractivity contribution in [2.24, 2.45) is 13.0 Å². The molecule has 2 aliphatic heterocycles. The molecule has 1 atom stereocenters. The highest BCUT2D eigenvalue weighted by Gasteiger charge is 2.30. The molecule has 2 aliphatic rings. The Hall–Kier alpha value is -2.14. The molecular formula is C24H34N4O. The van der Waals surface area contributed by atoms with E-state index in [9.17, 15) is 4.79 Å². The SMILES string of the molecule is Cc1c(CN2CCC[C@@H](C(=O)N3CCCCCC3)C2)c(-c2ccccc2)nn1C. The van der Waals surface area contributed by atoms with Gasteiger partial charge in [-0.25, -0.2) is 0 Å². The van der Waals surface area contributed by atoms with Gasteiger partial charge in [0.1, 0.15) is 0 Å². The van der Waals surface area contributed by atoms with Crippen LogP contribution in [-0.2, 0) is 18.4 Å². The minimum atomic E-state index is 0.152. The fraction of sp³-hybridized carbons (Fsp3) is 0.583. The molecule has 3 heterocycles. The van der Waals surface area contributed by atoms with Gasteiger partial charge in [-0.05, 0) is 39.2 Å². The maximum atomic E-state index is 13.1. The molecule has 156 valence electrons. The molecule has 2 fully saturated rings. The van der Waals surface area contributed by atoms with Crippen LogP contribution >= 0.6 is 0 Å². The van der Waals surface area contributed by atoms with Crippen molar-refractivity contribution >= 4 is 5.91 Å². The molecule has 0 bridgehead atoms. The number of hydrogen-bond donors (Lipinski definition) is 0. The Labute approximate surface area is 174 Å². The molecule has 1 amide bonds. The lowest BCUT2D eigenvalue weighted by molar-refractivity contribution is -0.137. The average molecular weight is 395 g/mol. The number of amides is 1. The van der Waals surface area contributed by atoms with Gasteiger partial charge in [0.25, 0.3) is 0 Å². The van der Waals surface area contributed by atoms with Crippen LogP contribution in [0, 0.1) is 12.8 Å². The Morgan fingerprint density at radius 2 is 1.76 bits per heavy atom. The highest BCUT2D eigenvalue weighted by atomic mass is 16.2. The van der Waals surface area contributed by atoms with Crippen LogP contribution in [0.3, 0.4) is 0 Å². The lowest BCUT2D eigenvalue weighted by Gasteiger charge is -2.35. The number of aryl methyl sites for hydroxylation is 1. The van der Waals surface area contributed by atoms with Crippen LogP contribution < -0.4 is 0 Å². The summed E-state index contributed by atoms with van der Waals surface area (Å²) in [6, 6.07) is 10.4. The molecule has 5 heteroatoms. The van der Waals surface area contributed by atoms with Gasteiger partial charge in [0.05, 0.1) is 11.6 Å². The van der Waals surface area contributed by atoms with Crippen molar-refractivity contribution in [3.8, 4) is 11.3 Å². The average Bonchev–Trinajstić information content (AvgIpc) is 2.95. The normalized spacial score (nSPS) is 21.2. The van der Waals surface area contributed by atoms with Gasteiger partial charge in [-0.15, -0.1) is 0 Å². The number of nitrogens with zero attached hydrogens (tertiary/aromatic N) is 4. The molecule has 0 saturated carbocycles. The topological polar surface area (TPSA) is 41.4 Å². The second kappa shape index (κ2) is 9.12. The van der Waals surface area contributed by atoms with E-state index in [2.05, 4.69) is 41.0 Å². The van der Waals surface area contributed by atoms with E-state index in [1.165, 1.54) is 29.7 Å². The minimum Gasteiger partial charge on any atom is -0.342 e. The number of likely N-dealkylation sites (tertiary alicyclic amines) is 2. The van der Waals surface area contributed by atoms with E-state index in [4.69, 9.17) is 5.10 Å². The smallest absolute Gasteiger partial charge is 0.226 e. The Morgan fingerprint density at radius 3 is 2.48 bits per heavy atom. The van der Waals surface area contributed by atoms with E-state index in [0.29, 0.717) is 5.91 Å². The van der Waals surface area contributed by atoms with Gasteiger partial charge in [-0.2, -0.15) is 5.10 Å². The van der Waals surface area contributed by atoms with Crippen molar-refractivity contribution in [3.63, 3.8) is 0 Å². The van der Waals surface area contributed by atoms with Gasteiger partial charge >= 0.3 is 0 Å². The number of carbonyl (C=O) groups is 1. The van der Waals surface area contributed by atoms with E-state index in [-0.39, 0.29) is 5.92 Å². The Morgan fingerprint density at radius 1 is 1.03 bits per heavy atom. The molecule has 0 spiro atoms. The summed E-state index contributed by atoms with van der Waals surface area (Å²) in [4.78, 5) is 17.8. The van der Waals surface area contributed by atoms with Crippen LogP contribution in [0.15, 0.2) is 30.3 Å². The Bertz CT molecular complexity index is 821. The summed E-state index contributed by atoms with van der Waals surface area (Å²) in [6.07, 6.45) is 6.99. The van der Waals surface area contributed by atoms with Crippen molar-refractivity contribution in [2.45, 2.75) is 52.0 Å². The summed E-state index contributed by atoms with van der Waals surface area (Å²) in [5.74, 6) is 0.543. The summed E-state index contributed by atoms with van der Waals surface area (Å²) in [5, 5.41) is 4.80. The zero-order valence-corrected chi connectivity index (χ0v) is 17.9. The zero-order valence-electron chi connectivity index (χ0n) is 17.9. The predicted octanol–water partition coefficient (Wildman–Crippen LogP) is 4.01. The van der Waals surface area contributed by atoms with Gasteiger partial charge in [-0.3, -0.25) is 14.4 Å². The fourth-order valence-corrected chi connectivity index (χ4v) is 4.84. The van der Waals surface area contributed by atoms with E-state index in [1.54, 1.807) is 0 Å². The lowest BCUT2D eigenvalue weighted by atomic mass is 9.95. The monoisotopic (exact) mass is 394 g/mol. The first-order valence-electron chi connectivity index (χ1n) is 11.2. The van der Waals surface area contributed by atoms with Gasteiger partial charge in [-0.1, -0.05) is 43.2 Å². The first-order valence-corrected chi connectivity index (χ1v) is 11.2. The molecule has 4 rings (SSSR count). The largest absolute Gasteiger partial charge is 0.342 e. The third-order valence-corrected chi connectivity index (χ3v) is 6.66. The van der Waals surface area contributed by atoms with Crippen LogP contribution in [0.1, 0.15) is 49.8 Å². The van der Waals surface area contributed by atoms with Crippen molar-refractivity contribution < 1.29 is 4.79 Å². The molecule has 0 N–H and O–H groups in total. The molecule has 29 heavy (non-hydrogen) atoms. The van der Waals surface area contributed by atoms with E-state index in [0.717, 1.165) is 64.1 Å². The van der Waals surface area contributed by atoms with Crippen LogP contribution in [0.2, 0.25) is 0 Å². The van der Waals surface area contributed by atoms with Crippen molar-refractivity contribution in [2.75, 3.05) is 26.2 Å². The first-order chi connectivity index (χ1) is 14.1. The Balaban J connectivity index is 1.48. The Kier molecular flexibility index (Phi) is 6.34. The molecule has 2 aromatic rings.